The van der Waals surface area contributed by atoms with Gasteiger partial charge >= 0.3 is 0 Å². The topological polar surface area (TPSA) is 42.3 Å². The molecule has 2 heterocycles. The largest absolute Gasteiger partial charge is 0.303 e. The number of likely N-dealkylation sites (tertiary alicyclic amines) is 2. The molecule has 120 valence electrons. The maximum atomic E-state index is 9.16. The first-order chi connectivity index (χ1) is 10.3. The number of hydrogen-bond donors (Lipinski definition) is 1. The van der Waals surface area contributed by atoms with E-state index < -0.39 is 0 Å². The molecule has 0 aromatic heterocycles. The molecule has 1 unspecified atom stereocenters. The molecule has 4 nitrogen and oxygen atoms in total. The molecule has 0 aliphatic carbocycles. The predicted octanol–water partition coefficient (Wildman–Crippen LogP) is 2.22. The first kappa shape index (κ1) is 16.7. The summed E-state index contributed by atoms with van der Waals surface area (Å²) in [5.41, 5.74) is 0. The van der Waals surface area contributed by atoms with Crippen molar-refractivity contribution in [3.8, 4) is 6.07 Å². The summed E-state index contributed by atoms with van der Waals surface area (Å²) in [4.78, 5) is 5.28. The second kappa shape index (κ2) is 9.40. The van der Waals surface area contributed by atoms with E-state index in [1.165, 1.54) is 58.3 Å². The summed E-state index contributed by atoms with van der Waals surface area (Å²) in [5.74, 6) is 0. The molecule has 2 saturated heterocycles. The lowest BCUT2D eigenvalue weighted by Crippen LogP contribution is -2.47. The van der Waals surface area contributed by atoms with Gasteiger partial charge in [-0.1, -0.05) is 13.3 Å². The highest BCUT2D eigenvalue weighted by Gasteiger charge is 2.25. The number of hydrogen-bond acceptors (Lipinski definition) is 4. The van der Waals surface area contributed by atoms with Crippen LogP contribution in [-0.4, -0.2) is 61.2 Å². The van der Waals surface area contributed by atoms with Crippen LogP contribution in [0, 0.1) is 11.3 Å². The van der Waals surface area contributed by atoms with E-state index in [4.69, 9.17) is 5.26 Å². The van der Waals surface area contributed by atoms with E-state index in [0.29, 0.717) is 0 Å². The van der Waals surface area contributed by atoms with E-state index in [9.17, 15) is 0 Å². The Balaban J connectivity index is 1.63. The Morgan fingerprint density at radius 2 is 1.86 bits per heavy atom. The highest BCUT2D eigenvalue weighted by molar-refractivity contribution is 4.90. The summed E-state index contributed by atoms with van der Waals surface area (Å²) in [5, 5.41) is 12.5. The number of nitriles is 1. The molecule has 0 saturated carbocycles. The zero-order valence-corrected chi connectivity index (χ0v) is 13.7. The standard InChI is InChI=1S/C17H32N4/c1-2-9-19-16(15-18)6-12-20-13-7-17(8-14-20)21-10-4-3-5-11-21/h16-17,19H,2-14H2,1H3. The lowest BCUT2D eigenvalue weighted by molar-refractivity contribution is 0.0914. The Kier molecular flexibility index (Phi) is 7.49. The Morgan fingerprint density at radius 1 is 1.14 bits per heavy atom. The summed E-state index contributed by atoms with van der Waals surface area (Å²) in [6.07, 6.45) is 8.92. The number of nitrogens with zero attached hydrogens (tertiary/aromatic N) is 3. The van der Waals surface area contributed by atoms with Crippen molar-refractivity contribution < 1.29 is 0 Å². The zero-order valence-electron chi connectivity index (χ0n) is 13.7. The van der Waals surface area contributed by atoms with E-state index in [0.717, 1.165) is 32.0 Å². The van der Waals surface area contributed by atoms with E-state index >= 15 is 0 Å². The van der Waals surface area contributed by atoms with Crippen LogP contribution in [0.3, 0.4) is 0 Å². The van der Waals surface area contributed by atoms with Gasteiger partial charge in [0.15, 0.2) is 0 Å². The van der Waals surface area contributed by atoms with Crippen molar-refractivity contribution in [2.75, 3.05) is 39.3 Å². The first-order valence-electron chi connectivity index (χ1n) is 8.93. The first-order valence-corrected chi connectivity index (χ1v) is 8.93. The predicted molar refractivity (Wildman–Crippen MR) is 87.2 cm³/mol. The number of nitrogens with one attached hydrogen (secondary N) is 1. The molecule has 0 amide bonds. The Labute approximate surface area is 130 Å². The van der Waals surface area contributed by atoms with Crippen molar-refractivity contribution in [3.05, 3.63) is 0 Å². The summed E-state index contributed by atoms with van der Waals surface area (Å²) in [6.45, 7) is 9.24. The van der Waals surface area contributed by atoms with Gasteiger partial charge in [0.25, 0.3) is 0 Å². The molecule has 2 aliphatic rings. The van der Waals surface area contributed by atoms with Crippen LogP contribution in [0.15, 0.2) is 0 Å². The summed E-state index contributed by atoms with van der Waals surface area (Å²) in [6, 6.07) is 3.25. The van der Waals surface area contributed by atoms with Gasteiger partial charge in [0, 0.05) is 12.6 Å². The van der Waals surface area contributed by atoms with Gasteiger partial charge in [-0.15, -0.1) is 0 Å². The Morgan fingerprint density at radius 3 is 2.48 bits per heavy atom. The molecule has 0 bridgehead atoms. The van der Waals surface area contributed by atoms with Gasteiger partial charge in [0.05, 0.1) is 12.1 Å². The molecule has 2 fully saturated rings. The Hall–Kier alpha value is -0.630. The molecule has 0 radical (unpaired) electrons. The highest BCUT2D eigenvalue weighted by atomic mass is 15.2. The van der Waals surface area contributed by atoms with Gasteiger partial charge in [-0.2, -0.15) is 5.26 Å². The van der Waals surface area contributed by atoms with E-state index in [-0.39, 0.29) is 6.04 Å². The molecule has 0 aromatic rings. The number of piperidine rings is 2. The molecular formula is C17H32N4. The summed E-state index contributed by atoms with van der Waals surface area (Å²) < 4.78 is 0. The lowest BCUT2D eigenvalue weighted by atomic mass is 9.99. The minimum Gasteiger partial charge on any atom is -0.303 e. The maximum Gasteiger partial charge on any atom is 0.0965 e. The van der Waals surface area contributed by atoms with E-state index in [1.807, 2.05) is 0 Å². The van der Waals surface area contributed by atoms with Crippen LogP contribution in [-0.2, 0) is 0 Å². The zero-order chi connectivity index (χ0) is 14.9. The van der Waals surface area contributed by atoms with Gasteiger partial charge in [-0.05, 0) is 71.2 Å². The summed E-state index contributed by atoms with van der Waals surface area (Å²) in [7, 11) is 0. The van der Waals surface area contributed by atoms with Gasteiger partial charge in [-0.3, -0.25) is 0 Å². The fraction of sp³-hybridized carbons (Fsp3) is 0.941. The molecule has 1 N–H and O–H groups in total. The fourth-order valence-electron chi connectivity index (χ4n) is 3.63. The van der Waals surface area contributed by atoms with Crippen LogP contribution in [0.25, 0.3) is 0 Å². The van der Waals surface area contributed by atoms with Crippen molar-refractivity contribution in [1.29, 1.82) is 5.26 Å². The van der Waals surface area contributed by atoms with Crippen LogP contribution in [0.5, 0.6) is 0 Å². The SMILES string of the molecule is CCCNC(C#N)CCN1CCC(N2CCCCC2)CC1. The third kappa shape index (κ3) is 5.58. The van der Waals surface area contributed by atoms with Gasteiger partial charge in [0.1, 0.15) is 0 Å². The highest BCUT2D eigenvalue weighted by Crippen LogP contribution is 2.20. The van der Waals surface area contributed by atoms with Crippen molar-refractivity contribution in [1.82, 2.24) is 15.1 Å². The molecule has 0 aromatic carbocycles. The normalized spacial score (nSPS) is 23.8. The molecule has 2 aliphatic heterocycles. The van der Waals surface area contributed by atoms with Crippen LogP contribution in [0.2, 0.25) is 0 Å². The van der Waals surface area contributed by atoms with Crippen LogP contribution < -0.4 is 5.32 Å². The van der Waals surface area contributed by atoms with Crippen molar-refractivity contribution in [3.63, 3.8) is 0 Å². The van der Waals surface area contributed by atoms with Crippen molar-refractivity contribution in [2.24, 2.45) is 0 Å². The lowest BCUT2D eigenvalue weighted by Gasteiger charge is -2.40. The molecule has 0 spiro atoms. The van der Waals surface area contributed by atoms with Gasteiger partial charge < -0.3 is 15.1 Å². The van der Waals surface area contributed by atoms with Gasteiger partial charge in [0.2, 0.25) is 0 Å². The average Bonchev–Trinajstić information content (AvgIpc) is 2.56. The van der Waals surface area contributed by atoms with Crippen LogP contribution in [0.4, 0.5) is 0 Å². The van der Waals surface area contributed by atoms with Crippen LogP contribution >= 0.6 is 0 Å². The maximum absolute atomic E-state index is 9.16. The summed E-state index contributed by atoms with van der Waals surface area (Å²) >= 11 is 0. The monoisotopic (exact) mass is 292 g/mol. The third-order valence-electron chi connectivity index (χ3n) is 4.99. The Bertz CT molecular complexity index is 311. The fourth-order valence-corrected chi connectivity index (χ4v) is 3.63. The second-order valence-corrected chi connectivity index (χ2v) is 6.59. The van der Waals surface area contributed by atoms with E-state index in [1.54, 1.807) is 0 Å². The minimum atomic E-state index is 0.0322. The van der Waals surface area contributed by atoms with Crippen molar-refractivity contribution in [2.45, 2.75) is 64.0 Å². The van der Waals surface area contributed by atoms with E-state index in [2.05, 4.69) is 28.1 Å². The molecule has 2 rings (SSSR count). The molecule has 1 atom stereocenters. The molecular weight excluding hydrogens is 260 g/mol. The molecule has 21 heavy (non-hydrogen) atoms. The third-order valence-corrected chi connectivity index (χ3v) is 4.99. The van der Waals surface area contributed by atoms with Crippen molar-refractivity contribution >= 4 is 0 Å². The second-order valence-electron chi connectivity index (χ2n) is 6.59. The smallest absolute Gasteiger partial charge is 0.0965 e. The van der Waals surface area contributed by atoms with Gasteiger partial charge in [-0.25, -0.2) is 0 Å². The quantitative estimate of drug-likeness (QED) is 0.781. The minimum absolute atomic E-state index is 0.0322. The molecule has 4 heteroatoms. The number of rotatable bonds is 7. The average molecular weight is 292 g/mol. The van der Waals surface area contributed by atoms with Crippen LogP contribution in [0.1, 0.15) is 51.9 Å².